The van der Waals surface area contributed by atoms with E-state index in [0.29, 0.717) is 11.3 Å². The molecule has 0 aliphatic carbocycles. The van der Waals surface area contributed by atoms with Crippen molar-refractivity contribution in [3.8, 4) is 12.3 Å². The number of nitrogens with one attached hydrogen (secondary N) is 2. The summed E-state index contributed by atoms with van der Waals surface area (Å²) in [5.41, 5.74) is 1.67. The highest BCUT2D eigenvalue weighted by Gasteiger charge is 2.16. The van der Waals surface area contributed by atoms with Gasteiger partial charge in [-0.05, 0) is 36.4 Å². The highest BCUT2D eigenvalue weighted by atomic mass is 32.2. The van der Waals surface area contributed by atoms with Crippen molar-refractivity contribution in [2.24, 2.45) is 0 Å². The Hall–Kier alpha value is -2.82. The Labute approximate surface area is 147 Å². The number of amides is 1. The number of benzene rings is 2. The minimum absolute atomic E-state index is 0.0607. The number of carbonyl (C=O) groups is 1. The third-order valence-corrected chi connectivity index (χ3v) is 4.54. The van der Waals surface area contributed by atoms with Gasteiger partial charge in [-0.1, -0.05) is 18.1 Å². The number of terminal acetylenes is 1. The van der Waals surface area contributed by atoms with Crippen molar-refractivity contribution < 1.29 is 17.9 Å². The summed E-state index contributed by atoms with van der Waals surface area (Å²) in [4.78, 5) is 12.5. The smallest absolute Gasteiger partial charge is 0.257 e. The van der Waals surface area contributed by atoms with Gasteiger partial charge in [0.2, 0.25) is 10.0 Å². The second-order valence-electron chi connectivity index (χ2n) is 5.14. The molecule has 0 fully saturated rings. The molecule has 2 aromatic rings. The highest BCUT2D eigenvalue weighted by molar-refractivity contribution is 7.92. The molecule has 130 valence electrons. The molecule has 2 rings (SSSR count). The van der Waals surface area contributed by atoms with E-state index in [1.807, 2.05) is 0 Å². The van der Waals surface area contributed by atoms with Crippen molar-refractivity contribution in [1.82, 2.24) is 0 Å². The van der Waals surface area contributed by atoms with E-state index in [4.69, 9.17) is 11.2 Å². The molecule has 2 N–H and O–H groups in total. The molecule has 2 aromatic carbocycles. The summed E-state index contributed by atoms with van der Waals surface area (Å²) in [6, 6.07) is 13.1. The molecule has 0 aromatic heterocycles. The molecule has 1 amide bonds. The van der Waals surface area contributed by atoms with E-state index in [-0.39, 0.29) is 23.6 Å². The minimum Gasteiger partial charge on any atom is -0.384 e. The molecule has 0 saturated heterocycles. The van der Waals surface area contributed by atoms with Crippen LogP contribution in [0.5, 0.6) is 0 Å². The zero-order valence-electron chi connectivity index (χ0n) is 13.7. The first kappa shape index (κ1) is 18.5. The molecule has 0 unspecified atom stereocenters. The van der Waals surface area contributed by atoms with E-state index in [1.54, 1.807) is 42.5 Å². The Morgan fingerprint density at radius 3 is 2.48 bits per heavy atom. The Bertz CT molecular complexity index is 884. The van der Waals surface area contributed by atoms with Gasteiger partial charge in [0.1, 0.15) is 0 Å². The van der Waals surface area contributed by atoms with Crippen LogP contribution >= 0.6 is 0 Å². The number of methoxy groups -OCH3 is 1. The van der Waals surface area contributed by atoms with E-state index in [9.17, 15) is 13.2 Å². The van der Waals surface area contributed by atoms with Crippen molar-refractivity contribution in [3.63, 3.8) is 0 Å². The number of carbonyl (C=O) groups excluding carboxylic acids is 1. The van der Waals surface area contributed by atoms with Crippen LogP contribution < -0.4 is 10.0 Å². The largest absolute Gasteiger partial charge is 0.384 e. The zero-order chi connectivity index (χ0) is 18.3. The third kappa shape index (κ3) is 5.35. The molecule has 0 aliphatic rings. The average Bonchev–Trinajstić information content (AvgIpc) is 2.61. The van der Waals surface area contributed by atoms with E-state index in [2.05, 4.69) is 16.0 Å². The lowest BCUT2D eigenvalue weighted by molar-refractivity contribution is 0.102. The molecule has 0 bridgehead atoms. The predicted molar refractivity (Wildman–Crippen MR) is 98.1 cm³/mol. The Morgan fingerprint density at radius 2 is 1.84 bits per heavy atom. The fourth-order valence-electron chi connectivity index (χ4n) is 2.03. The van der Waals surface area contributed by atoms with Crippen LogP contribution in [0.1, 0.15) is 15.9 Å². The number of para-hydroxylation sites is 1. The molecule has 25 heavy (non-hydrogen) atoms. The molecule has 6 nitrogen and oxygen atoms in total. The average molecular weight is 358 g/mol. The molecular formula is C18H18N2O4S. The van der Waals surface area contributed by atoms with E-state index in [0.717, 1.165) is 0 Å². The molecule has 7 heteroatoms. The van der Waals surface area contributed by atoms with Crippen molar-refractivity contribution in [3.05, 3.63) is 59.7 Å². The fraction of sp³-hybridized carbons (Fsp3) is 0.167. The van der Waals surface area contributed by atoms with Gasteiger partial charge < -0.3 is 10.1 Å². The Kier molecular flexibility index (Phi) is 6.17. The Balaban J connectivity index is 2.18. The Morgan fingerprint density at radius 1 is 1.16 bits per heavy atom. The number of hydrogen-bond donors (Lipinski definition) is 2. The van der Waals surface area contributed by atoms with Gasteiger partial charge in [0, 0.05) is 18.4 Å². The number of ether oxygens (including phenoxy) is 1. The summed E-state index contributed by atoms with van der Waals surface area (Å²) in [6.07, 6.45) is 5.29. The maximum atomic E-state index is 12.5. The molecule has 0 saturated carbocycles. The third-order valence-electron chi connectivity index (χ3n) is 3.30. The first-order valence-corrected chi connectivity index (χ1v) is 9.07. The van der Waals surface area contributed by atoms with Crippen molar-refractivity contribution >= 4 is 27.3 Å². The molecule has 0 heterocycles. The molecule has 0 atom stereocenters. The van der Waals surface area contributed by atoms with Gasteiger partial charge in [0.15, 0.2) is 0 Å². The van der Waals surface area contributed by atoms with Crippen LogP contribution in [0, 0.1) is 12.3 Å². The van der Waals surface area contributed by atoms with E-state index < -0.39 is 15.9 Å². The first-order valence-electron chi connectivity index (χ1n) is 7.41. The van der Waals surface area contributed by atoms with Gasteiger partial charge in [0.05, 0.1) is 23.6 Å². The van der Waals surface area contributed by atoms with Crippen molar-refractivity contribution in [2.45, 2.75) is 0 Å². The normalized spacial score (nSPS) is 10.7. The fourth-order valence-corrected chi connectivity index (χ4v) is 3.03. The predicted octanol–water partition coefficient (Wildman–Crippen LogP) is 2.31. The van der Waals surface area contributed by atoms with Gasteiger partial charge in [0.25, 0.3) is 5.91 Å². The lowest BCUT2D eigenvalue weighted by atomic mass is 10.1. The van der Waals surface area contributed by atoms with Crippen LogP contribution in [0.4, 0.5) is 11.4 Å². The van der Waals surface area contributed by atoms with Crippen LogP contribution in [0.25, 0.3) is 0 Å². The monoisotopic (exact) mass is 358 g/mol. The number of hydrogen-bond acceptors (Lipinski definition) is 4. The summed E-state index contributed by atoms with van der Waals surface area (Å²) in [5, 5.41) is 2.71. The van der Waals surface area contributed by atoms with Crippen molar-refractivity contribution in [2.75, 3.05) is 29.5 Å². The standard InChI is InChI=1S/C18H18N2O4S/c1-3-14-8-10-15(11-9-14)19-18(21)16-6-4-5-7-17(16)20-25(22,23)13-12-24-2/h1,4-11,20H,12-13H2,2H3,(H,19,21). The molecule has 0 spiro atoms. The second kappa shape index (κ2) is 8.33. The lowest BCUT2D eigenvalue weighted by Crippen LogP contribution is -2.22. The number of anilines is 2. The summed E-state index contributed by atoms with van der Waals surface area (Å²) in [7, 11) is -2.19. The number of sulfonamides is 1. The van der Waals surface area contributed by atoms with Gasteiger partial charge in [-0.3, -0.25) is 9.52 Å². The topological polar surface area (TPSA) is 84.5 Å². The maximum absolute atomic E-state index is 12.5. The molecular weight excluding hydrogens is 340 g/mol. The summed E-state index contributed by atoms with van der Waals surface area (Å²) < 4.78 is 31.2. The summed E-state index contributed by atoms with van der Waals surface area (Å²) in [5.74, 6) is 1.86. The maximum Gasteiger partial charge on any atom is 0.257 e. The second-order valence-corrected chi connectivity index (χ2v) is 6.98. The number of rotatable bonds is 7. The molecule has 0 radical (unpaired) electrons. The van der Waals surface area contributed by atoms with Gasteiger partial charge >= 0.3 is 0 Å². The zero-order valence-corrected chi connectivity index (χ0v) is 14.5. The SMILES string of the molecule is C#Cc1ccc(NC(=O)c2ccccc2NS(=O)(=O)CCOC)cc1. The van der Waals surface area contributed by atoms with Crippen LogP contribution in [-0.2, 0) is 14.8 Å². The summed E-state index contributed by atoms with van der Waals surface area (Å²) >= 11 is 0. The first-order chi connectivity index (χ1) is 11.9. The van der Waals surface area contributed by atoms with Crippen LogP contribution in [0.15, 0.2) is 48.5 Å². The van der Waals surface area contributed by atoms with Crippen LogP contribution in [0.2, 0.25) is 0 Å². The highest BCUT2D eigenvalue weighted by Crippen LogP contribution is 2.19. The van der Waals surface area contributed by atoms with Gasteiger partial charge in [-0.25, -0.2) is 8.42 Å². The van der Waals surface area contributed by atoms with Crippen LogP contribution in [-0.4, -0.2) is 33.8 Å². The quantitative estimate of drug-likeness (QED) is 0.744. The van der Waals surface area contributed by atoms with Crippen LogP contribution in [0.3, 0.4) is 0 Å². The lowest BCUT2D eigenvalue weighted by Gasteiger charge is -2.12. The summed E-state index contributed by atoms with van der Waals surface area (Å²) in [6.45, 7) is 0.0607. The van der Waals surface area contributed by atoms with Gasteiger partial charge in [-0.15, -0.1) is 6.42 Å². The van der Waals surface area contributed by atoms with Crippen molar-refractivity contribution in [1.29, 1.82) is 0 Å². The van der Waals surface area contributed by atoms with E-state index >= 15 is 0 Å². The van der Waals surface area contributed by atoms with E-state index in [1.165, 1.54) is 13.2 Å². The van der Waals surface area contributed by atoms with Gasteiger partial charge in [-0.2, -0.15) is 0 Å². The minimum atomic E-state index is -3.61. The molecule has 0 aliphatic heterocycles.